The van der Waals surface area contributed by atoms with Crippen molar-refractivity contribution in [3.8, 4) is 0 Å². The highest BCUT2D eigenvalue weighted by molar-refractivity contribution is 6.40. The van der Waals surface area contributed by atoms with Crippen LogP contribution in [0.4, 0.5) is 0 Å². The fraction of sp³-hybridized carbons (Fsp3) is 0.214. The van der Waals surface area contributed by atoms with Crippen LogP contribution in [0.2, 0.25) is 0 Å². The first-order valence-electron chi connectivity index (χ1n) is 5.44. The van der Waals surface area contributed by atoms with E-state index in [4.69, 9.17) is 23.2 Å². The molecule has 4 heteroatoms. The highest BCUT2D eigenvalue weighted by Gasteiger charge is 2.02. The van der Waals surface area contributed by atoms with Crippen molar-refractivity contribution in [2.24, 2.45) is 0 Å². The quantitative estimate of drug-likeness (QED) is 0.831. The Morgan fingerprint density at radius 2 is 2.00 bits per heavy atom. The van der Waals surface area contributed by atoms with E-state index in [1.54, 1.807) is 13.0 Å². The van der Waals surface area contributed by atoms with Gasteiger partial charge in [0.1, 0.15) is 0 Å². The molecule has 0 amide bonds. The molecule has 1 N–H and O–H groups in total. The monoisotopic (exact) mass is 283 g/mol. The Balaban J connectivity index is 0.000000492. The Morgan fingerprint density at radius 1 is 1.33 bits per heavy atom. The van der Waals surface area contributed by atoms with Crippen molar-refractivity contribution in [2.45, 2.75) is 13.0 Å². The molecular formula is C14H15Cl2NO. The minimum Gasteiger partial charge on any atom is -0.389 e. The molecule has 1 atom stereocenters. The van der Waals surface area contributed by atoms with Crippen molar-refractivity contribution in [2.75, 3.05) is 5.34 Å². The molecule has 0 radical (unpaired) electrons. The van der Waals surface area contributed by atoms with Gasteiger partial charge in [-0.25, -0.2) is 0 Å². The van der Waals surface area contributed by atoms with Crippen LogP contribution < -0.4 is 0 Å². The first-order valence-corrected chi connectivity index (χ1v) is 6.51. The lowest BCUT2D eigenvalue weighted by molar-refractivity contribution is 0.199. The molecule has 0 spiro atoms. The molecule has 2 rings (SSSR count). The second-order valence-electron chi connectivity index (χ2n) is 3.70. The second kappa shape index (κ2) is 7.37. The average Bonchev–Trinajstić information content (AvgIpc) is 2.38. The van der Waals surface area contributed by atoms with Gasteiger partial charge >= 0.3 is 0 Å². The number of hydrogen-bond acceptors (Lipinski definition) is 2. The van der Waals surface area contributed by atoms with E-state index in [2.05, 4.69) is 11.6 Å². The van der Waals surface area contributed by atoms with Crippen LogP contribution in [0.3, 0.4) is 0 Å². The molecule has 1 unspecified atom stereocenters. The maximum Gasteiger partial charge on any atom is 0.0967 e. The lowest BCUT2D eigenvalue weighted by atomic mass is 10.1. The van der Waals surface area contributed by atoms with Crippen LogP contribution in [0.1, 0.15) is 24.3 Å². The molecule has 1 aromatic heterocycles. The van der Waals surface area contributed by atoms with E-state index in [9.17, 15) is 5.11 Å². The maximum absolute atomic E-state index is 9.47. The SMILES string of the molecule is C=Cc1cc2cc(C(C)O)ccc2cn1.ClCCl. The standard InChI is InChI=1S/C13H13NO.CH2Cl2/c1-3-13-7-12-6-10(9(2)15)4-5-11(12)8-14-13;2-1-3/h3-9,15H,1H2,2H3;1H2. The normalized spacial score (nSPS) is 11.6. The topological polar surface area (TPSA) is 33.1 Å². The lowest BCUT2D eigenvalue weighted by Crippen LogP contribution is -1.91. The Kier molecular flexibility index (Phi) is 6.13. The van der Waals surface area contributed by atoms with Gasteiger partial charge in [-0.1, -0.05) is 18.7 Å². The summed E-state index contributed by atoms with van der Waals surface area (Å²) in [4.78, 5) is 4.22. The van der Waals surface area contributed by atoms with Gasteiger partial charge in [-0.2, -0.15) is 0 Å². The van der Waals surface area contributed by atoms with Gasteiger partial charge in [-0.3, -0.25) is 4.98 Å². The first kappa shape index (κ1) is 15.0. The molecule has 0 bridgehead atoms. The predicted molar refractivity (Wildman–Crippen MR) is 79.0 cm³/mol. The summed E-state index contributed by atoms with van der Waals surface area (Å²) in [6, 6.07) is 7.84. The van der Waals surface area contributed by atoms with E-state index in [-0.39, 0.29) is 5.34 Å². The summed E-state index contributed by atoms with van der Waals surface area (Å²) in [5, 5.41) is 11.8. The molecule has 0 aliphatic heterocycles. The number of benzene rings is 1. The smallest absolute Gasteiger partial charge is 0.0967 e. The Bertz CT molecular complexity index is 526. The number of rotatable bonds is 2. The fourth-order valence-corrected chi connectivity index (χ4v) is 1.55. The zero-order valence-electron chi connectivity index (χ0n) is 10.1. The highest BCUT2D eigenvalue weighted by Crippen LogP contribution is 2.20. The van der Waals surface area contributed by atoms with Gasteiger partial charge in [-0.15, -0.1) is 23.2 Å². The van der Waals surface area contributed by atoms with E-state index in [0.29, 0.717) is 0 Å². The second-order valence-corrected chi connectivity index (χ2v) is 4.50. The molecule has 2 nitrogen and oxygen atoms in total. The summed E-state index contributed by atoms with van der Waals surface area (Å²) in [5.41, 5.74) is 1.77. The van der Waals surface area contributed by atoms with E-state index >= 15 is 0 Å². The molecule has 1 aromatic carbocycles. The highest BCUT2D eigenvalue weighted by atomic mass is 35.5. The third kappa shape index (κ3) is 3.98. The summed E-state index contributed by atoms with van der Waals surface area (Å²) in [6.45, 7) is 5.44. The molecule has 0 aliphatic carbocycles. The van der Waals surface area contributed by atoms with Gasteiger partial charge in [0.2, 0.25) is 0 Å². The summed E-state index contributed by atoms with van der Waals surface area (Å²) in [5.74, 6) is 0. The van der Waals surface area contributed by atoms with Crippen LogP contribution in [-0.4, -0.2) is 15.4 Å². The van der Waals surface area contributed by atoms with Crippen molar-refractivity contribution in [1.29, 1.82) is 0 Å². The van der Waals surface area contributed by atoms with Gasteiger partial charge in [0.25, 0.3) is 0 Å². The third-order valence-corrected chi connectivity index (χ3v) is 2.46. The van der Waals surface area contributed by atoms with Gasteiger partial charge in [0, 0.05) is 11.6 Å². The minimum atomic E-state index is -0.435. The molecule has 1 heterocycles. The zero-order chi connectivity index (χ0) is 13.5. The average molecular weight is 284 g/mol. The number of alkyl halides is 2. The Labute approximate surface area is 117 Å². The molecule has 0 saturated carbocycles. The lowest BCUT2D eigenvalue weighted by Gasteiger charge is -2.06. The number of pyridine rings is 1. The summed E-state index contributed by atoms with van der Waals surface area (Å²) >= 11 is 9.53. The van der Waals surface area contributed by atoms with Crippen molar-refractivity contribution in [3.05, 3.63) is 48.3 Å². The number of fused-ring (bicyclic) bond motifs is 1. The van der Waals surface area contributed by atoms with Crippen LogP contribution >= 0.6 is 23.2 Å². The van der Waals surface area contributed by atoms with Gasteiger partial charge in [0.05, 0.1) is 17.1 Å². The Morgan fingerprint density at radius 3 is 2.56 bits per heavy atom. The van der Waals surface area contributed by atoms with E-state index in [0.717, 1.165) is 22.0 Å². The summed E-state index contributed by atoms with van der Waals surface area (Å²) in [6.07, 6.45) is 3.10. The van der Waals surface area contributed by atoms with E-state index in [1.165, 1.54) is 0 Å². The van der Waals surface area contributed by atoms with Crippen LogP contribution in [0.25, 0.3) is 16.8 Å². The van der Waals surface area contributed by atoms with Gasteiger partial charge in [0.15, 0.2) is 0 Å². The minimum absolute atomic E-state index is 0.194. The molecular weight excluding hydrogens is 269 g/mol. The number of aliphatic hydroxyl groups is 1. The largest absolute Gasteiger partial charge is 0.389 e. The molecule has 0 fully saturated rings. The van der Waals surface area contributed by atoms with Crippen molar-refractivity contribution in [3.63, 3.8) is 0 Å². The van der Waals surface area contributed by atoms with Crippen molar-refractivity contribution in [1.82, 2.24) is 4.98 Å². The van der Waals surface area contributed by atoms with Crippen LogP contribution in [-0.2, 0) is 0 Å². The number of aromatic nitrogens is 1. The van der Waals surface area contributed by atoms with Gasteiger partial charge < -0.3 is 5.11 Å². The Hall–Kier alpha value is -1.09. The zero-order valence-corrected chi connectivity index (χ0v) is 11.6. The molecule has 96 valence electrons. The summed E-state index contributed by atoms with van der Waals surface area (Å²) < 4.78 is 0. The summed E-state index contributed by atoms with van der Waals surface area (Å²) in [7, 11) is 0. The van der Waals surface area contributed by atoms with Crippen LogP contribution in [0, 0.1) is 0 Å². The van der Waals surface area contributed by atoms with Gasteiger partial charge in [-0.05, 0) is 36.1 Å². The number of aliphatic hydroxyl groups excluding tert-OH is 1. The third-order valence-electron chi connectivity index (χ3n) is 2.46. The van der Waals surface area contributed by atoms with Crippen molar-refractivity contribution >= 4 is 40.1 Å². The number of hydrogen-bond donors (Lipinski definition) is 1. The number of halogens is 2. The van der Waals surface area contributed by atoms with E-state index in [1.807, 2.05) is 30.5 Å². The first-order chi connectivity index (χ1) is 8.62. The van der Waals surface area contributed by atoms with Crippen LogP contribution in [0.15, 0.2) is 37.0 Å². The van der Waals surface area contributed by atoms with Crippen molar-refractivity contribution < 1.29 is 5.11 Å². The molecule has 0 aliphatic rings. The number of nitrogens with zero attached hydrogens (tertiary/aromatic N) is 1. The van der Waals surface area contributed by atoms with E-state index < -0.39 is 6.10 Å². The predicted octanol–water partition coefficient (Wildman–Crippen LogP) is 4.35. The molecule has 0 saturated heterocycles. The maximum atomic E-state index is 9.47. The molecule has 2 aromatic rings. The molecule has 18 heavy (non-hydrogen) atoms. The fourth-order valence-electron chi connectivity index (χ4n) is 1.55. The van der Waals surface area contributed by atoms with Crippen LogP contribution in [0.5, 0.6) is 0 Å².